The third-order valence-electron chi connectivity index (χ3n) is 3.32. The van der Waals surface area contributed by atoms with Crippen LogP contribution >= 0.6 is 11.3 Å². The Bertz CT molecular complexity index is 426. The molecule has 1 heterocycles. The molecular weight excluding hydrogens is 236 g/mol. The molecule has 0 spiro atoms. The molecule has 17 heavy (non-hydrogen) atoms. The third kappa shape index (κ3) is 2.66. The zero-order valence-electron chi connectivity index (χ0n) is 11.2. The van der Waals surface area contributed by atoms with Crippen LogP contribution in [0.4, 0.5) is 0 Å². The lowest BCUT2D eigenvalue weighted by Gasteiger charge is -2.35. The van der Waals surface area contributed by atoms with Crippen LogP contribution in [-0.4, -0.2) is 33.5 Å². The van der Waals surface area contributed by atoms with Crippen molar-refractivity contribution in [3.05, 3.63) is 15.6 Å². The normalized spacial score (nSPS) is 14.1. The molecule has 1 aromatic heterocycles. The van der Waals surface area contributed by atoms with Gasteiger partial charge in [0.25, 0.3) is 0 Å². The van der Waals surface area contributed by atoms with Crippen molar-refractivity contribution in [2.45, 2.75) is 46.2 Å². The van der Waals surface area contributed by atoms with E-state index in [0.29, 0.717) is 0 Å². The molecule has 0 amide bonds. The zero-order chi connectivity index (χ0) is 13.4. The smallest absolute Gasteiger partial charge is 0.323 e. The number of aryl methyl sites for hydroxylation is 2. The van der Waals surface area contributed by atoms with E-state index in [1.54, 1.807) is 25.2 Å². The molecule has 0 saturated heterocycles. The van der Waals surface area contributed by atoms with Gasteiger partial charge in [-0.2, -0.15) is 0 Å². The molecule has 1 unspecified atom stereocenters. The lowest BCUT2D eigenvalue weighted by molar-refractivity contribution is -0.149. The largest absolute Gasteiger partial charge is 0.480 e. The van der Waals surface area contributed by atoms with Crippen LogP contribution in [0.3, 0.4) is 0 Å². The maximum atomic E-state index is 11.2. The Balaban J connectivity index is 3.02. The maximum absolute atomic E-state index is 11.2. The first kappa shape index (κ1) is 14.1. The minimum Gasteiger partial charge on any atom is -0.480 e. The van der Waals surface area contributed by atoms with E-state index in [-0.39, 0.29) is 6.04 Å². The van der Waals surface area contributed by atoms with Crippen LogP contribution in [0.1, 0.15) is 42.4 Å². The lowest BCUT2D eigenvalue weighted by atomic mass is 10.0. The molecule has 1 atom stereocenters. The van der Waals surface area contributed by atoms with Gasteiger partial charge in [0.05, 0.1) is 16.7 Å². The molecule has 0 aliphatic carbocycles. The second-order valence-electron chi connectivity index (χ2n) is 4.83. The number of hydrogen-bond donors (Lipinski definition) is 1. The Morgan fingerprint density at radius 3 is 2.35 bits per heavy atom. The van der Waals surface area contributed by atoms with Crippen molar-refractivity contribution in [1.82, 2.24) is 9.88 Å². The number of aliphatic carboxylic acids is 1. The highest BCUT2D eigenvalue weighted by Crippen LogP contribution is 2.30. The lowest BCUT2D eigenvalue weighted by Crippen LogP contribution is -2.49. The SMILES string of the molecule is Cc1nc(C(C)N(C)C(C)(C)C(=O)O)c(C)s1. The number of carboxylic acids is 1. The van der Waals surface area contributed by atoms with Crippen molar-refractivity contribution in [2.24, 2.45) is 0 Å². The number of rotatable bonds is 4. The van der Waals surface area contributed by atoms with E-state index in [4.69, 9.17) is 0 Å². The van der Waals surface area contributed by atoms with E-state index in [1.807, 2.05) is 32.7 Å². The fourth-order valence-corrected chi connectivity index (χ4v) is 2.66. The Morgan fingerprint density at radius 1 is 1.47 bits per heavy atom. The minimum absolute atomic E-state index is 0.00829. The number of likely N-dealkylation sites (N-methyl/N-ethyl adjacent to an activating group) is 1. The van der Waals surface area contributed by atoms with E-state index in [0.717, 1.165) is 15.6 Å². The molecule has 0 bridgehead atoms. The number of carboxylic acid groups (broad SMARTS) is 1. The van der Waals surface area contributed by atoms with Gasteiger partial charge in [0.2, 0.25) is 0 Å². The minimum atomic E-state index is -0.899. The summed E-state index contributed by atoms with van der Waals surface area (Å²) in [6, 6.07) is -0.00829. The standard InChI is InChI=1S/C12H20N2O2S/c1-7(10-8(2)17-9(3)13-10)14(6)12(4,5)11(15)16/h7H,1-6H3,(H,15,16). The molecule has 0 saturated carbocycles. The van der Waals surface area contributed by atoms with E-state index >= 15 is 0 Å². The van der Waals surface area contributed by atoms with E-state index in [2.05, 4.69) is 4.98 Å². The van der Waals surface area contributed by atoms with E-state index in [9.17, 15) is 9.90 Å². The summed E-state index contributed by atoms with van der Waals surface area (Å²) in [4.78, 5) is 18.7. The molecule has 0 aliphatic heterocycles. The number of thiazole rings is 1. The summed E-state index contributed by atoms with van der Waals surface area (Å²) in [5.41, 5.74) is 0.0768. The quantitative estimate of drug-likeness (QED) is 0.899. The van der Waals surface area contributed by atoms with Crippen molar-refractivity contribution in [1.29, 1.82) is 0 Å². The predicted octanol–water partition coefficient (Wildman–Crippen LogP) is 2.62. The van der Waals surface area contributed by atoms with Crippen molar-refractivity contribution in [2.75, 3.05) is 7.05 Å². The second-order valence-corrected chi connectivity index (χ2v) is 6.23. The van der Waals surface area contributed by atoms with Gasteiger partial charge in [-0.1, -0.05) is 0 Å². The molecule has 1 N–H and O–H groups in total. The Kier molecular flexibility index (Phi) is 3.94. The van der Waals surface area contributed by atoms with Crippen molar-refractivity contribution < 1.29 is 9.90 Å². The summed E-state index contributed by atoms with van der Waals surface area (Å²) in [5.74, 6) is -0.823. The van der Waals surface area contributed by atoms with Crippen molar-refractivity contribution >= 4 is 17.3 Å². The second kappa shape index (κ2) is 4.74. The first-order valence-electron chi connectivity index (χ1n) is 5.58. The van der Waals surface area contributed by atoms with Gasteiger partial charge in [-0.05, 0) is 41.7 Å². The molecular formula is C12H20N2O2S. The van der Waals surface area contributed by atoms with Crippen LogP contribution in [0.15, 0.2) is 0 Å². The average molecular weight is 256 g/mol. The molecule has 0 fully saturated rings. The predicted molar refractivity (Wildman–Crippen MR) is 69.5 cm³/mol. The molecule has 1 rings (SSSR count). The van der Waals surface area contributed by atoms with Gasteiger partial charge in [-0.3, -0.25) is 9.69 Å². The van der Waals surface area contributed by atoms with Crippen LogP contribution in [0.5, 0.6) is 0 Å². The Labute approximate surface area is 106 Å². The third-order valence-corrected chi connectivity index (χ3v) is 4.22. The molecule has 1 aromatic rings. The number of nitrogens with zero attached hydrogens (tertiary/aromatic N) is 2. The van der Waals surface area contributed by atoms with E-state index in [1.165, 1.54) is 0 Å². The number of carbonyl (C=O) groups is 1. The summed E-state index contributed by atoms with van der Waals surface area (Å²) in [5, 5.41) is 10.2. The van der Waals surface area contributed by atoms with Crippen LogP contribution in [0, 0.1) is 13.8 Å². The first-order chi connectivity index (χ1) is 7.67. The van der Waals surface area contributed by atoms with Gasteiger partial charge in [-0.15, -0.1) is 11.3 Å². The Hall–Kier alpha value is -0.940. The van der Waals surface area contributed by atoms with Gasteiger partial charge in [0.1, 0.15) is 5.54 Å². The Morgan fingerprint density at radius 2 is 2.00 bits per heavy atom. The van der Waals surface area contributed by atoms with Gasteiger partial charge >= 0.3 is 5.97 Å². The fourth-order valence-electron chi connectivity index (χ4n) is 1.75. The van der Waals surface area contributed by atoms with Gasteiger partial charge in [0, 0.05) is 4.88 Å². The zero-order valence-corrected chi connectivity index (χ0v) is 12.1. The molecule has 96 valence electrons. The molecule has 0 radical (unpaired) electrons. The van der Waals surface area contributed by atoms with Gasteiger partial charge in [-0.25, -0.2) is 4.98 Å². The number of hydrogen-bond acceptors (Lipinski definition) is 4. The first-order valence-corrected chi connectivity index (χ1v) is 6.39. The van der Waals surface area contributed by atoms with Crippen LogP contribution in [0.25, 0.3) is 0 Å². The fraction of sp³-hybridized carbons (Fsp3) is 0.667. The summed E-state index contributed by atoms with van der Waals surface area (Å²) in [6.45, 7) is 9.40. The molecule has 0 aliphatic rings. The highest BCUT2D eigenvalue weighted by molar-refractivity contribution is 7.11. The van der Waals surface area contributed by atoms with Crippen LogP contribution in [0.2, 0.25) is 0 Å². The summed E-state index contributed by atoms with van der Waals surface area (Å²) >= 11 is 1.65. The molecule has 0 aromatic carbocycles. The summed E-state index contributed by atoms with van der Waals surface area (Å²) < 4.78 is 0. The maximum Gasteiger partial charge on any atom is 0.323 e. The highest BCUT2D eigenvalue weighted by atomic mass is 32.1. The van der Waals surface area contributed by atoms with E-state index < -0.39 is 11.5 Å². The molecule has 5 heteroatoms. The van der Waals surface area contributed by atoms with Crippen molar-refractivity contribution in [3.63, 3.8) is 0 Å². The summed E-state index contributed by atoms with van der Waals surface area (Å²) in [7, 11) is 1.83. The van der Waals surface area contributed by atoms with Crippen molar-refractivity contribution in [3.8, 4) is 0 Å². The number of aromatic nitrogens is 1. The van der Waals surface area contributed by atoms with Crippen LogP contribution < -0.4 is 0 Å². The molecule has 4 nitrogen and oxygen atoms in total. The summed E-state index contributed by atoms with van der Waals surface area (Å²) in [6.07, 6.45) is 0. The average Bonchev–Trinajstić information content (AvgIpc) is 2.55. The topological polar surface area (TPSA) is 53.4 Å². The monoisotopic (exact) mass is 256 g/mol. The highest BCUT2D eigenvalue weighted by Gasteiger charge is 2.36. The van der Waals surface area contributed by atoms with Crippen LogP contribution in [-0.2, 0) is 4.79 Å². The van der Waals surface area contributed by atoms with Gasteiger partial charge in [0.15, 0.2) is 0 Å². The van der Waals surface area contributed by atoms with Gasteiger partial charge < -0.3 is 5.11 Å².